The van der Waals surface area contributed by atoms with Crippen LogP contribution in [0.5, 0.6) is 0 Å². The Balaban J connectivity index is 1.92. The molecule has 1 aromatic heterocycles. The number of carbonyl (C=O) groups is 2. The van der Waals surface area contributed by atoms with Crippen LogP contribution in [0, 0.1) is 18.3 Å². The quantitative estimate of drug-likeness (QED) is 0.831. The van der Waals surface area contributed by atoms with Crippen LogP contribution in [0.25, 0.3) is 0 Å². The summed E-state index contributed by atoms with van der Waals surface area (Å²) in [6, 6.07) is 7.41. The molecular formula is C21H26N2O2S. The third-order valence-corrected chi connectivity index (χ3v) is 6.41. The average Bonchev–Trinajstić information content (AvgIpc) is 2.91. The van der Waals surface area contributed by atoms with Crippen LogP contribution in [0.3, 0.4) is 0 Å². The van der Waals surface area contributed by atoms with Crippen molar-refractivity contribution in [1.82, 2.24) is 0 Å². The van der Waals surface area contributed by atoms with Gasteiger partial charge in [-0.2, -0.15) is 0 Å². The van der Waals surface area contributed by atoms with Gasteiger partial charge in [-0.25, -0.2) is 0 Å². The molecule has 4 nitrogen and oxygen atoms in total. The number of anilines is 1. The Morgan fingerprint density at radius 2 is 2.00 bits per heavy atom. The van der Waals surface area contributed by atoms with Gasteiger partial charge in [-0.1, -0.05) is 38.5 Å². The Kier molecular flexibility index (Phi) is 4.93. The molecule has 0 bridgehead atoms. The molecule has 1 aliphatic carbocycles. The number of benzene rings is 1. The lowest BCUT2D eigenvalue weighted by molar-refractivity contribution is 0.1000. The van der Waals surface area contributed by atoms with Gasteiger partial charge in [0.15, 0.2) is 0 Å². The van der Waals surface area contributed by atoms with Crippen molar-refractivity contribution in [3.63, 3.8) is 0 Å². The Labute approximate surface area is 158 Å². The van der Waals surface area contributed by atoms with E-state index in [4.69, 9.17) is 5.73 Å². The molecule has 0 saturated heterocycles. The number of nitrogens with one attached hydrogen (secondary N) is 1. The third kappa shape index (κ3) is 3.68. The van der Waals surface area contributed by atoms with E-state index in [9.17, 15) is 9.59 Å². The summed E-state index contributed by atoms with van der Waals surface area (Å²) in [6.07, 6.45) is 2.81. The number of hydrogen-bond acceptors (Lipinski definition) is 3. The fourth-order valence-corrected chi connectivity index (χ4v) is 4.96. The summed E-state index contributed by atoms with van der Waals surface area (Å²) in [4.78, 5) is 25.9. The van der Waals surface area contributed by atoms with E-state index in [1.807, 2.05) is 25.1 Å². The lowest BCUT2D eigenvalue weighted by Crippen LogP contribution is -2.27. The minimum atomic E-state index is -0.462. The molecule has 138 valence electrons. The molecule has 0 saturated carbocycles. The Morgan fingerprint density at radius 1 is 1.27 bits per heavy atom. The summed E-state index contributed by atoms with van der Waals surface area (Å²) in [5.41, 5.74) is 9.01. The van der Waals surface area contributed by atoms with Gasteiger partial charge in [-0.3, -0.25) is 9.59 Å². The standard InChI is InChI=1S/C21H26N2O2S/c1-12-6-5-7-13(10-12)19(25)23-20-17(18(22)24)15-9-8-14(21(2,3)4)11-16(15)26-20/h5-7,10,14H,8-9,11H2,1-4H3,(H2,22,24)(H,23,25). The summed E-state index contributed by atoms with van der Waals surface area (Å²) in [7, 11) is 0. The van der Waals surface area contributed by atoms with E-state index in [0.717, 1.165) is 30.4 Å². The van der Waals surface area contributed by atoms with Crippen LogP contribution >= 0.6 is 11.3 Å². The van der Waals surface area contributed by atoms with Crippen LogP contribution in [0.4, 0.5) is 5.00 Å². The number of thiophene rings is 1. The highest BCUT2D eigenvalue weighted by atomic mass is 32.1. The third-order valence-electron chi connectivity index (χ3n) is 5.24. The van der Waals surface area contributed by atoms with Crippen LogP contribution in [0.15, 0.2) is 24.3 Å². The molecule has 0 radical (unpaired) electrons. The largest absolute Gasteiger partial charge is 0.365 e. The molecule has 2 aromatic rings. The number of carbonyl (C=O) groups excluding carboxylic acids is 2. The smallest absolute Gasteiger partial charge is 0.256 e. The van der Waals surface area contributed by atoms with Gasteiger partial charge in [0, 0.05) is 10.4 Å². The van der Waals surface area contributed by atoms with E-state index in [1.54, 1.807) is 6.07 Å². The molecule has 5 heteroatoms. The summed E-state index contributed by atoms with van der Waals surface area (Å²) in [5, 5.41) is 3.51. The number of fused-ring (bicyclic) bond motifs is 1. The zero-order valence-electron chi connectivity index (χ0n) is 15.8. The first kappa shape index (κ1) is 18.6. The highest BCUT2D eigenvalue weighted by Gasteiger charge is 2.33. The summed E-state index contributed by atoms with van der Waals surface area (Å²) in [6.45, 7) is 8.71. The maximum Gasteiger partial charge on any atom is 0.256 e. The fourth-order valence-electron chi connectivity index (χ4n) is 3.64. The number of rotatable bonds is 3. The first-order valence-electron chi connectivity index (χ1n) is 8.99. The minimum absolute atomic E-state index is 0.206. The zero-order chi connectivity index (χ0) is 19.1. The number of nitrogens with two attached hydrogens (primary N) is 1. The molecule has 1 atom stereocenters. The van der Waals surface area contributed by atoms with Gasteiger partial charge in [0.05, 0.1) is 5.56 Å². The van der Waals surface area contributed by atoms with Crippen molar-refractivity contribution in [2.24, 2.45) is 17.1 Å². The predicted octanol–water partition coefficient (Wildman–Crippen LogP) is 4.56. The van der Waals surface area contributed by atoms with E-state index < -0.39 is 5.91 Å². The monoisotopic (exact) mass is 370 g/mol. The topological polar surface area (TPSA) is 72.2 Å². The van der Waals surface area contributed by atoms with Crippen molar-refractivity contribution in [3.8, 4) is 0 Å². The van der Waals surface area contributed by atoms with Crippen LogP contribution in [0.2, 0.25) is 0 Å². The first-order chi connectivity index (χ1) is 12.2. The molecule has 1 unspecified atom stereocenters. The SMILES string of the molecule is Cc1cccc(C(=O)Nc2sc3c(c2C(N)=O)CCC(C(C)(C)C)C3)c1. The Hall–Kier alpha value is -2.14. The van der Waals surface area contributed by atoms with Crippen molar-refractivity contribution in [1.29, 1.82) is 0 Å². The van der Waals surface area contributed by atoms with E-state index >= 15 is 0 Å². The van der Waals surface area contributed by atoms with Crippen LogP contribution < -0.4 is 11.1 Å². The van der Waals surface area contributed by atoms with Gasteiger partial charge in [0.2, 0.25) is 0 Å². The predicted molar refractivity (Wildman–Crippen MR) is 107 cm³/mol. The maximum absolute atomic E-state index is 12.6. The molecule has 2 amide bonds. The second-order valence-electron chi connectivity index (χ2n) is 8.20. The van der Waals surface area contributed by atoms with Gasteiger partial charge < -0.3 is 11.1 Å². The van der Waals surface area contributed by atoms with Crippen LogP contribution in [-0.2, 0) is 12.8 Å². The van der Waals surface area contributed by atoms with Crippen LogP contribution in [-0.4, -0.2) is 11.8 Å². The highest BCUT2D eigenvalue weighted by Crippen LogP contribution is 2.44. The van der Waals surface area contributed by atoms with E-state index in [2.05, 4.69) is 26.1 Å². The lowest BCUT2D eigenvalue weighted by atomic mass is 9.72. The molecule has 1 aliphatic rings. The van der Waals surface area contributed by atoms with E-state index in [0.29, 0.717) is 22.0 Å². The van der Waals surface area contributed by atoms with Gasteiger partial charge in [-0.15, -0.1) is 11.3 Å². The van der Waals surface area contributed by atoms with Gasteiger partial charge >= 0.3 is 0 Å². The maximum atomic E-state index is 12.6. The summed E-state index contributed by atoms with van der Waals surface area (Å²) < 4.78 is 0. The second-order valence-corrected chi connectivity index (χ2v) is 9.31. The average molecular weight is 371 g/mol. The molecule has 3 N–H and O–H groups in total. The molecule has 1 heterocycles. The molecule has 1 aromatic carbocycles. The molecule has 0 aliphatic heterocycles. The first-order valence-corrected chi connectivity index (χ1v) is 9.81. The lowest BCUT2D eigenvalue weighted by Gasteiger charge is -2.33. The highest BCUT2D eigenvalue weighted by molar-refractivity contribution is 7.17. The number of primary amides is 1. The molecule has 26 heavy (non-hydrogen) atoms. The van der Waals surface area contributed by atoms with Gasteiger partial charge in [0.25, 0.3) is 11.8 Å². The number of hydrogen-bond donors (Lipinski definition) is 2. The van der Waals surface area contributed by atoms with Crippen molar-refractivity contribution >= 4 is 28.2 Å². The fraction of sp³-hybridized carbons (Fsp3) is 0.429. The van der Waals surface area contributed by atoms with Crippen molar-refractivity contribution in [3.05, 3.63) is 51.4 Å². The summed E-state index contributed by atoms with van der Waals surface area (Å²) in [5.74, 6) is -0.104. The summed E-state index contributed by atoms with van der Waals surface area (Å²) >= 11 is 1.50. The van der Waals surface area contributed by atoms with Crippen molar-refractivity contribution < 1.29 is 9.59 Å². The van der Waals surface area contributed by atoms with Gasteiger partial charge in [-0.05, 0) is 55.2 Å². The van der Waals surface area contributed by atoms with Crippen molar-refractivity contribution in [2.45, 2.75) is 47.0 Å². The molecule has 3 rings (SSSR count). The Morgan fingerprint density at radius 3 is 2.62 bits per heavy atom. The second kappa shape index (κ2) is 6.88. The van der Waals surface area contributed by atoms with E-state index in [-0.39, 0.29) is 11.3 Å². The normalized spacial score (nSPS) is 16.8. The molecule has 0 spiro atoms. The van der Waals surface area contributed by atoms with Crippen molar-refractivity contribution in [2.75, 3.05) is 5.32 Å². The van der Waals surface area contributed by atoms with Crippen LogP contribution in [0.1, 0.15) is 63.9 Å². The minimum Gasteiger partial charge on any atom is -0.365 e. The molecule has 0 fully saturated rings. The zero-order valence-corrected chi connectivity index (χ0v) is 16.6. The van der Waals surface area contributed by atoms with Gasteiger partial charge in [0.1, 0.15) is 5.00 Å². The Bertz CT molecular complexity index is 861. The molecular weight excluding hydrogens is 344 g/mol. The number of aryl methyl sites for hydroxylation is 1. The van der Waals surface area contributed by atoms with E-state index in [1.165, 1.54) is 16.2 Å². The number of amides is 2.